The second kappa shape index (κ2) is 6.56. The smallest absolute Gasteiger partial charge is 0.242 e. The normalized spacial score (nSPS) is 11.3. The second-order valence-corrected chi connectivity index (χ2v) is 6.68. The lowest BCUT2D eigenvalue weighted by Gasteiger charge is -2.11. The van der Waals surface area contributed by atoms with E-state index in [1.807, 2.05) is 28.8 Å². The predicted molar refractivity (Wildman–Crippen MR) is 112 cm³/mol. The SMILES string of the molecule is c1ccc2c(c1)c1ccccc1n2-c1nnc(-c2cnccn2)n1-c1cnccn1. The summed E-state index contributed by atoms with van der Waals surface area (Å²) in [4.78, 5) is 17.3. The summed E-state index contributed by atoms with van der Waals surface area (Å²) in [6.07, 6.45) is 9.88. The van der Waals surface area contributed by atoms with E-state index in [0.29, 0.717) is 23.3 Å². The van der Waals surface area contributed by atoms with Gasteiger partial charge in [-0.25, -0.2) is 14.5 Å². The Bertz CT molecular complexity index is 1430. The van der Waals surface area contributed by atoms with E-state index in [-0.39, 0.29) is 0 Å². The summed E-state index contributed by atoms with van der Waals surface area (Å²) in [6.45, 7) is 0. The molecular weight excluding hydrogens is 376 g/mol. The fraction of sp³-hybridized carbons (Fsp3) is 0. The molecule has 0 amide bonds. The molecule has 0 saturated carbocycles. The second-order valence-electron chi connectivity index (χ2n) is 6.68. The molecular formula is C22H14N8. The molecule has 0 radical (unpaired) electrons. The van der Waals surface area contributed by atoms with E-state index < -0.39 is 0 Å². The van der Waals surface area contributed by atoms with Gasteiger partial charge in [-0.1, -0.05) is 36.4 Å². The molecule has 8 nitrogen and oxygen atoms in total. The van der Waals surface area contributed by atoms with Crippen molar-refractivity contribution >= 4 is 21.8 Å². The molecule has 6 rings (SSSR count). The fourth-order valence-electron chi connectivity index (χ4n) is 3.76. The van der Waals surface area contributed by atoms with Crippen LogP contribution in [0.1, 0.15) is 0 Å². The van der Waals surface area contributed by atoms with Crippen molar-refractivity contribution < 1.29 is 0 Å². The number of fused-ring (bicyclic) bond motifs is 3. The summed E-state index contributed by atoms with van der Waals surface area (Å²) in [5.41, 5.74) is 2.66. The van der Waals surface area contributed by atoms with Gasteiger partial charge in [-0.05, 0) is 12.1 Å². The van der Waals surface area contributed by atoms with Crippen LogP contribution in [0, 0.1) is 0 Å². The Hall–Kier alpha value is -4.46. The highest BCUT2D eigenvalue weighted by Gasteiger charge is 2.22. The Morgan fingerprint density at radius 2 is 1.27 bits per heavy atom. The Morgan fingerprint density at radius 3 is 1.90 bits per heavy atom. The average Bonchev–Trinajstić information content (AvgIpc) is 3.39. The van der Waals surface area contributed by atoms with Crippen LogP contribution in [0.2, 0.25) is 0 Å². The number of nitrogens with zero attached hydrogens (tertiary/aromatic N) is 8. The first-order valence-electron chi connectivity index (χ1n) is 9.38. The Morgan fingerprint density at radius 1 is 0.600 bits per heavy atom. The van der Waals surface area contributed by atoms with Crippen LogP contribution in [0.25, 0.3) is 45.1 Å². The summed E-state index contributed by atoms with van der Waals surface area (Å²) in [7, 11) is 0. The Kier molecular flexibility index (Phi) is 3.60. The van der Waals surface area contributed by atoms with Gasteiger partial charge in [-0.2, -0.15) is 0 Å². The number of benzene rings is 2. The first-order valence-corrected chi connectivity index (χ1v) is 9.38. The molecule has 8 heteroatoms. The maximum absolute atomic E-state index is 4.55. The van der Waals surface area contributed by atoms with Crippen LogP contribution in [-0.4, -0.2) is 39.3 Å². The van der Waals surface area contributed by atoms with Gasteiger partial charge in [-0.15, -0.1) is 10.2 Å². The van der Waals surface area contributed by atoms with Crippen molar-refractivity contribution in [1.29, 1.82) is 0 Å². The van der Waals surface area contributed by atoms with E-state index >= 15 is 0 Å². The summed E-state index contributed by atoms with van der Waals surface area (Å²) < 4.78 is 3.95. The van der Waals surface area contributed by atoms with E-state index in [2.05, 4.69) is 59.0 Å². The van der Waals surface area contributed by atoms with Gasteiger partial charge in [0.25, 0.3) is 0 Å². The van der Waals surface area contributed by atoms with Gasteiger partial charge in [0.1, 0.15) is 5.69 Å². The van der Waals surface area contributed by atoms with Gasteiger partial charge in [0.15, 0.2) is 11.6 Å². The molecule has 0 N–H and O–H groups in total. The maximum atomic E-state index is 4.55. The fourth-order valence-corrected chi connectivity index (χ4v) is 3.76. The summed E-state index contributed by atoms with van der Waals surface area (Å²) >= 11 is 0. The molecule has 142 valence electrons. The number of aromatic nitrogens is 8. The van der Waals surface area contributed by atoms with E-state index in [4.69, 9.17) is 0 Å². The lowest BCUT2D eigenvalue weighted by atomic mass is 10.2. The molecule has 0 atom stereocenters. The molecule has 6 aromatic rings. The highest BCUT2D eigenvalue weighted by atomic mass is 15.4. The number of rotatable bonds is 3. The molecule has 2 aromatic carbocycles. The van der Waals surface area contributed by atoms with E-state index in [1.54, 1.807) is 37.2 Å². The topological polar surface area (TPSA) is 87.2 Å². The van der Waals surface area contributed by atoms with Crippen molar-refractivity contribution in [2.45, 2.75) is 0 Å². The molecule has 0 unspecified atom stereocenters. The van der Waals surface area contributed by atoms with Crippen LogP contribution < -0.4 is 0 Å². The van der Waals surface area contributed by atoms with Crippen LogP contribution >= 0.6 is 0 Å². The Balaban J connectivity index is 1.74. The van der Waals surface area contributed by atoms with Crippen molar-refractivity contribution in [3.8, 4) is 23.3 Å². The van der Waals surface area contributed by atoms with Gasteiger partial charge in [0.2, 0.25) is 5.95 Å². The average molecular weight is 390 g/mol. The first-order chi connectivity index (χ1) is 14.9. The van der Waals surface area contributed by atoms with Gasteiger partial charge in [0.05, 0.1) is 23.4 Å². The predicted octanol–water partition coefficient (Wildman–Crippen LogP) is 3.61. The highest BCUT2D eigenvalue weighted by Crippen LogP contribution is 2.32. The number of hydrogen-bond donors (Lipinski definition) is 0. The third-order valence-electron chi connectivity index (χ3n) is 5.00. The number of para-hydroxylation sites is 2. The minimum absolute atomic E-state index is 0.542. The molecule has 0 aliphatic rings. The molecule has 0 fully saturated rings. The Labute approximate surface area is 170 Å². The summed E-state index contributed by atoms with van der Waals surface area (Å²) in [5, 5.41) is 11.3. The van der Waals surface area contributed by atoms with Crippen LogP contribution in [0.15, 0.2) is 85.7 Å². The van der Waals surface area contributed by atoms with E-state index in [1.165, 1.54) is 0 Å². The standard InChI is InChI=1S/C22H14N8/c1-3-7-18-15(5-1)16-6-2-4-8-19(16)29(18)22-28-27-21(17-13-23-9-11-25-17)30(22)20-14-24-10-12-26-20/h1-14H. The van der Waals surface area contributed by atoms with Crippen molar-refractivity contribution in [2.75, 3.05) is 0 Å². The summed E-state index contributed by atoms with van der Waals surface area (Å²) in [5.74, 6) is 1.74. The zero-order valence-electron chi connectivity index (χ0n) is 15.7. The molecule has 4 aromatic heterocycles. The lowest BCUT2D eigenvalue weighted by molar-refractivity contribution is 0.898. The van der Waals surface area contributed by atoms with Crippen molar-refractivity contribution in [3.05, 3.63) is 85.7 Å². The summed E-state index contributed by atoms with van der Waals surface area (Å²) in [6, 6.07) is 16.5. The van der Waals surface area contributed by atoms with Crippen LogP contribution in [0.4, 0.5) is 0 Å². The third-order valence-corrected chi connectivity index (χ3v) is 5.00. The van der Waals surface area contributed by atoms with Crippen molar-refractivity contribution in [2.24, 2.45) is 0 Å². The monoisotopic (exact) mass is 390 g/mol. The highest BCUT2D eigenvalue weighted by molar-refractivity contribution is 6.08. The molecule has 4 heterocycles. The first kappa shape index (κ1) is 16.5. The van der Waals surface area contributed by atoms with Crippen LogP contribution in [0.3, 0.4) is 0 Å². The van der Waals surface area contributed by atoms with E-state index in [0.717, 1.165) is 21.8 Å². The van der Waals surface area contributed by atoms with Crippen LogP contribution in [0.5, 0.6) is 0 Å². The van der Waals surface area contributed by atoms with Gasteiger partial charge < -0.3 is 0 Å². The molecule has 0 aliphatic heterocycles. The van der Waals surface area contributed by atoms with Crippen molar-refractivity contribution in [3.63, 3.8) is 0 Å². The minimum Gasteiger partial charge on any atom is -0.278 e. The number of hydrogen-bond acceptors (Lipinski definition) is 6. The van der Waals surface area contributed by atoms with Gasteiger partial charge >= 0.3 is 0 Å². The minimum atomic E-state index is 0.542. The lowest BCUT2D eigenvalue weighted by Crippen LogP contribution is -2.08. The molecule has 0 spiro atoms. The van der Waals surface area contributed by atoms with Gasteiger partial charge in [0, 0.05) is 35.6 Å². The zero-order chi connectivity index (χ0) is 19.9. The van der Waals surface area contributed by atoms with Gasteiger partial charge in [-0.3, -0.25) is 14.5 Å². The molecule has 0 saturated heterocycles. The molecule has 0 aliphatic carbocycles. The largest absolute Gasteiger partial charge is 0.278 e. The van der Waals surface area contributed by atoms with Crippen molar-refractivity contribution in [1.82, 2.24) is 39.3 Å². The quantitative estimate of drug-likeness (QED) is 0.459. The van der Waals surface area contributed by atoms with Crippen LogP contribution in [-0.2, 0) is 0 Å². The molecule has 0 bridgehead atoms. The van der Waals surface area contributed by atoms with E-state index in [9.17, 15) is 0 Å². The maximum Gasteiger partial charge on any atom is 0.242 e. The molecule has 30 heavy (non-hydrogen) atoms. The zero-order valence-corrected chi connectivity index (χ0v) is 15.7. The third kappa shape index (κ3) is 2.40.